The quantitative estimate of drug-likeness (QED) is 0.885. The van der Waals surface area contributed by atoms with E-state index in [-0.39, 0.29) is 11.9 Å². The van der Waals surface area contributed by atoms with Gasteiger partial charge in [0.05, 0.1) is 6.04 Å². The summed E-state index contributed by atoms with van der Waals surface area (Å²) in [5.74, 6) is -0.184. The monoisotopic (exact) mass is 257 g/mol. The molecule has 2 N–H and O–H groups in total. The lowest BCUT2D eigenvalue weighted by Gasteiger charge is -2.09. The second-order valence-corrected chi connectivity index (χ2v) is 4.58. The molecule has 0 unspecified atom stereocenters. The highest BCUT2D eigenvalue weighted by atomic mass is 16.5. The van der Waals surface area contributed by atoms with Crippen LogP contribution in [0.3, 0.4) is 0 Å². The summed E-state index contributed by atoms with van der Waals surface area (Å²) in [6.45, 7) is 0.956. The summed E-state index contributed by atoms with van der Waals surface area (Å²) in [5.41, 5.74) is 1.97. The van der Waals surface area contributed by atoms with Crippen molar-refractivity contribution in [1.82, 2.24) is 10.5 Å². The van der Waals surface area contributed by atoms with Crippen molar-refractivity contribution >= 4 is 11.6 Å². The van der Waals surface area contributed by atoms with Gasteiger partial charge in [-0.3, -0.25) is 4.79 Å². The molecule has 1 atom stereocenters. The lowest BCUT2D eigenvalue weighted by molar-refractivity contribution is 0.102. The molecule has 2 heterocycles. The Kier molecular flexibility index (Phi) is 3.29. The molecule has 5 heteroatoms. The molecule has 5 nitrogen and oxygen atoms in total. The van der Waals surface area contributed by atoms with Gasteiger partial charge in [-0.25, -0.2) is 0 Å². The van der Waals surface area contributed by atoms with Gasteiger partial charge < -0.3 is 15.2 Å². The Bertz CT molecular complexity index is 559. The van der Waals surface area contributed by atoms with Gasteiger partial charge >= 0.3 is 0 Å². The molecule has 1 amide bonds. The van der Waals surface area contributed by atoms with Crippen molar-refractivity contribution in [1.29, 1.82) is 0 Å². The summed E-state index contributed by atoms with van der Waals surface area (Å²) in [5, 5.41) is 10.1. The molecule has 1 aromatic heterocycles. The largest absolute Gasteiger partial charge is 0.364 e. The van der Waals surface area contributed by atoms with Crippen LogP contribution in [0.2, 0.25) is 0 Å². The van der Waals surface area contributed by atoms with Crippen LogP contribution in [0, 0.1) is 0 Å². The Balaban J connectivity index is 1.78. The molecule has 0 radical (unpaired) electrons. The smallest absolute Gasteiger partial charge is 0.260 e. The van der Waals surface area contributed by atoms with Crippen LogP contribution in [-0.2, 0) is 0 Å². The molecule has 1 aliphatic rings. The summed E-state index contributed by atoms with van der Waals surface area (Å²) in [6, 6.07) is 9.47. The van der Waals surface area contributed by atoms with Gasteiger partial charge in [0.1, 0.15) is 17.5 Å². The molecule has 98 valence electrons. The molecular formula is C14H15N3O2. The van der Waals surface area contributed by atoms with E-state index >= 15 is 0 Å². The Morgan fingerprint density at radius 3 is 2.95 bits per heavy atom. The normalized spacial score (nSPS) is 18.4. The first-order valence-electron chi connectivity index (χ1n) is 6.38. The summed E-state index contributed by atoms with van der Waals surface area (Å²) in [7, 11) is 0. The van der Waals surface area contributed by atoms with Gasteiger partial charge in [-0.2, -0.15) is 0 Å². The molecule has 19 heavy (non-hydrogen) atoms. The number of nitrogens with one attached hydrogen (secondary N) is 2. The summed E-state index contributed by atoms with van der Waals surface area (Å²) in [4.78, 5) is 12.2. The average molecular weight is 257 g/mol. The molecule has 3 rings (SSSR count). The van der Waals surface area contributed by atoms with Crippen LogP contribution in [-0.4, -0.2) is 17.6 Å². The number of hydrogen-bond donors (Lipinski definition) is 2. The van der Waals surface area contributed by atoms with Gasteiger partial charge in [-0.05, 0) is 31.5 Å². The van der Waals surface area contributed by atoms with E-state index in [0.29, 0.717) is 11.3 Å². The Hall–Kier alpha value is -2.14. The summed E-state index contributed by atoms with van der Waals surface area (Å²) < 4.78 is 4.97. The van der Waals surface area contributed by atoms with Crippen molar-refractivity contribution in [3.05, 3.63) is 47.9 Å². The summed E-state index contributed by atoms with van der Waals surface area (Å²) in [6.07, 6.45) is 3.49. The molecule has 0 saturated carbocycles. The van der Waals surface area contributed by atoms with Crippen LogP contribution >= 0.6 is 0 Å². The highest BCUT2D eigenvalue weighted by Crippen LogP contribution is 2.25. The van der Waals surface area contributed by atoms with Crippen LogP contribution in [0.25, 0.3) is 0 Å². The minimum Gasteiger partial charge on any atom is -0.364 e. The van der Waals surface area contributed by atoms with E-state index < -0.39 is 0 Å². The molecule has 1 aliphatic heterocycles. The molecule has 0 bridgehead atoms. The molecule has 1 saturated heterocycles. The fourth-order valence-corrected chi connectivity index (χ4v) is 2.30. The third kappa shape index (κ3) is 2.51. The maximum Gasteiger partial charge on any atom is 0.260 e. The van der Waals surface area contributed by atoms with E-state index in [9.17, 15) is 4.79 Å². The van der Waals surface area contributed by atoms with Gasteiger partial charge in [0.15, 0.2) is 0 Å². The first-order valence-corrected chi connectivity index (χ1v) is 6.38. The second kappa shape index (κ2) is 5.24. The lowest BCUT2D eigenvalue weighted by atomic mass is 10.1. The fraction of sp³-hybridized carbons (Fsp3) is 0.286. The van der Waals surface area contributed by atoms with Gasteiger partial charge in [-0.1, -0.05) is 23.4 Å². The second-order valence-electron chi connectivity index (χ2n) is 4.58. The van der Waals surface area contributed by atoms with Crippen molar-refractivity contribution < 1.29 is 9.32 Å². The van der Waals surface area contributed by atoms with Crippen molar-refractivity contribution in [2.75, 3.05) is 11.9 Å². The van der Waals surface area contributed by atoms with Crippen LogP contribution < -0.4 is 10.6 Å². The number of anilines is 1. The van der Waals surface area contributed by atoms with Gasteiger partial charge in [0.2, 0.25) is 0 Å². The van der Waals surface area contributed by atoms with Crippen LogP contribution in [0.4, 0.5) is 5.69 Å². The maximum absolute atomic E-state index is 12.2. The number of para-hydroxylation sites is 1. The number of benzene rings is 1. The molecular weight excluding hydrogens is 242 g/mol. The highest BCUT2D eigenvalue weighted by molar-refractivity contribution is 6.04. The van der Waals surface area contributed by atoms with E-state index in [1.807, 2.05) is 30.3 Å². The van der Waals surface area contributed by atoms with Crippen molar-refractivity contribution in [2.45, 2.75) is 18.9 Å². The Morgan fingerprint density at radius 2 is 2.21 bits per heavy atom. The minimum atomic E-state index is -0.184. The number of rotatable bonds is 3. The van der Waals surface area contributed by atoms with E-state index in [1.165, 1.54) is 6.26 Å². The first kappa shape index (κ1) is 11.9. The topological polar surface area (TPSA) is 67.2 Å². The molecule has 1 aromatic carbocycles. The standard InChI is InChI=1S/C14H15N3O2/c18-14(16-10-5-2-1-3-6-10)11-9-19-17-13(11)12-7-4-8-15-12/h1-3,5-6,9,12,15H,4,7-8H2,(H,16,18)/t12-/m1/s1. The maximum atomic E-state index is 12.2. The number of hydrogen-bond acceptors (Lipinski definition) is 4. The van der Waals surface area contributed by atoms with Crippen LogP contribution in [0.15, 0.2) is 41.1 Å². The van der Waals surface area contributed by atoms with Crippen LogP contribution in [0.1, 0.15) is 34.9 Å². The van der Waals surface area contributed by atoms with Crippen LogP contribution in [0.5, 0.6) is 0 Å². The van der Waals surface area contributed by atoms with E-state index in [0.717, 1.165) is 25.1 Å². The predicted molar refractivity (Wildman–Crippen MR) is 70.9 cm³/mol. The predicted octanol–water partition coefficient (Wildman–Crippen LogP) is 2.35. The molecule has 0 aliphatic carbocycles. The van der Waals surface area contributed by atoms with Crippen molar-refractivity contribution in [3.63, 3.8) is 0 Å². The van der Waals surface area contributed by atoms with Crippen molar-refractivity contribution in [3.8, 4) is 0 Å². The Labute approximate surface area is 111 Å². The molecule has 2 aromatic rings. The third-order valence-electron chi connectivity index (χ3n) is 3.26. The first-order chi connectivity index (χ1) is 9.34. The number of nitrogens with zero attached hydrogens (tertiary/aromatic N) is 1. The number of amides is 1. The zero-order valence-electron chi connectivity index (χ0n) is 10.4. The average Bonchev–Trinajstić information content (AvgIpc) is 3.10. The van der Waals surface area contributed by atoms with E-state index in [4.69, 9.17) is 4.52 Å². The fourth-order valence-electron chi connectivity index (χ4n) is 2.30. The van der Waals surface area contributed by atoms with E-state index in [1.54, 1.807) is 0 Å². The Morgan fingerprint density at radius 1 is 1.37 bits per heavy atom. The molecule has 0 spiro atoms. The number of carbonyl (C=O) groups excluding carboxylic acids is 1. The van der Waals surface area contributed by atoms with Gasteiger partial charge in [0, 0.05) is 5.69 Å². The van der Waals surface area contributed by atoms with Crippen molar-refractivity contribution in [2.24, 2.45) is 0 Å². The van der Waals surface area contributed by atoms with Gasteiger partial charge in [0.25, 0.3) is 5.91 Å². The van der Waals surface area contributed by atoms with E-state index in [2.05, 4.69) is 15.8 Å². The minimum absolute atomic E-state index is 0.121. The number of aromatic nitrogens is 1. The molecule has 1 fully saturated rings. The highest BCUT2D eigenvalue weighted by Gasteiger charge is 2.25. The van der Waals surface area contributed by atoms with Gasteiger partial charge in [-0.15, -0.1) is 0 Å². The third-order valence-corrected chi connectivity index (χ3v) is 3.26. The summed E-state index contributed by atoms with van der Waals surface area (Å²) >= 11 is 0. The lowest BCUT2D eigenvalue weighted by Crippen LogP contribution is -2.19. The number of carbonyl (C=O) groups is 1. The zero-order chi connectivity index (χ0) is 13.1. The SMILES string of the molecule is O=C(Nc1ccccc1)c1conc1[C@H]1CCCN1. The zero-order valence-corrected chi connectivity index (χ0v) is 10.4.